The topological polar surface area (TPSA) is 77.2 Å². The molecular formula is C15H12FN3O3S. The molecule has 0 aliphatic heterocycles. The van der Waals surface area contributed by atoms with Gasteiger partial charge < -0.3 is 14.6 Å². The van der Waals surface area contributed by atoms with Crippen molar-refractivity contribution in [1.29, 1.82) is 0 Å². The highest BCUT2D eigenvalue weighted by Gasteiger charge is 2.10. The van der Waals surface area contributed by atoms with Crippen LogP contribution >= 0.6 is 11.3 Å². The average Bonchev–Trinajstić information content (AvgIpc) is 3.23. The maximum absolute atomic E-state index is 12.7. The Morgan fingerprint density at radius 2 is 2.13 bits per heavy atom. The van der Waals surface area contributed by atoms with Gasteiger partial charge in [-0.05, 0) is 35.7 Å². The molecule has 2 aromatic heterocycles. The molecule has 1 amide bonds. The molecular weight excluding hydrogens is 321 g/mol. The van der Waals surface area contributed by atoms with Crippen LogP contribution in [0.15, 0.2) is 46.3 Å². The Hall–Kier alpha value is -2.74. The molecule has 0 saturated carbocycles. The van der Waals surface area contributed by atoms with E-state index < -0.39 is 0 Å². The number of amides is 1. The zero-order chi connectivity index (χ0) is 16.1. The molecule has 6 nitrogen and oxygen atoms in total. The molecule has 0 bridgehead atoms. The smallest absolute Gasteiger partial charge is 0.258 e. The summed E-state index contributed by atoms with van der Waals surface area (Å²) in [6.45, 7) is -0.0679. The lowest BCUT2D eigenvalue weighted by molar-refractivity contribution is -0.123. The maximum atomic E-state index is 12.7. The number of rotatable bonds is 6. The number of aromatic nitrogens is 2. The zero-order valence-electron chi connectivity index (χ0n) is 11.9. The van der Waals surface area contributed by atoms with E-state index in [1.54, 1.807) is 0 Å². The summed E-state index contributed by atoms with van der Waals surface area (Å²) in [5.41, 5.74) is 0. The summed E-state index contributed by atoms with van der Waals surface area (Å²) in [6, 6.07) is 9.20. The normalized spacial score (nSPS) is 10.5. The highest BCUT2D eigenvalue weighted by Crippen LogP contribution is 2.21. The molecule has 0 fully saturated rings. The van der Waals surface area contributed by atoms with Crippen LogP contribution in [-0.2, 0) is 11.3 Å². The second-order valence-corrected chi connectivity index (χ2v) is 5.46. The van der Waals surface area contributed by atoms with Crippen LogP contribution in [0.3, 0.4) is 0 Å². The third-order valence-electron chi connectivity index (χ3n) is 2.83. The number of halogens is 1. The Kier molecular flexibility index (Phi) is 4.62. The fourth-order valence-electron chi connectivity index (χ4n) is 1.74. The van der Waals surface area contributed by atoms with Gasteiger partial charge in [0.2, 0.25) is 11.7 Å². The van der Waals surface area contributed by atoms with Gasteiger partial charge in [-0.1, -0.05) is 11.2 Å². The fourth-order valence-corrected chi connectivity index (χ4v) is 2.39. The van der Waals surface area contributed by atoms with Crippen molar-refractivity contribution in [3.05, 3.63) is 53.5 Å². The van der Waals surface area contributed by atoms with E-state index in [2.05, 4.69) is 15.5 Å². The summed E-state index contributed by atoms with van der Waals surface area (Å²) in [5, 5.41) is 8.37. The molecule has 0 aliphatic carbocycles. The van der Waals surface area contributed by atoms with E-state index in [1.165, 1.54) is 35.6 Å². The third kappa shape index (κ3) is 4.13. The molecule has 8 heteroatoms. The monoisotopic (exact) mass is 333 g/mol. The minimum absolute atomic E-state index is 0.115. The lowest BCUT2D eigenvalue weighted by Gasteiger charge is -2.05. The number of carbonyl (C=O) groups is 1. The van der Waals surface area contributed by atoms with Crippen LogP contribution < -0.4 is 10.1 Å². The summed E-state index contributed by atoms with van der Waals surface area (Å²) in [6.07, 6.45) is 0. The van der Waals surface area contributed by atoms with Crippen LogP contribution in [0.25, 0.3) is 10.7 Å². The van der Waals surface area contributed by atoms with Crippen molar-refractivity contribution in [2.45, 2.75) is 6.54 Å². The van der Waals surface area contributed by atoms with Crippen molar-refractivity contribution in [2.24, 2.45) is 0 Å². The molecule has 0 atom stereocenters. The largest absolute Gasteiger partial charge is 0.484 e. The highest BCUT2D eigenvalue weighted by molar-refractivity contribution is 7.13. The summed E-state index contributed by atoms with van der Waals surface area (Å²) in [4.78, 5) is 16.8. The van der Waals surface area contributed by atoms with Crippen molar-refractivity contribution >= 4 is 17.2 Å². The Labute approximate surface area is 134 Å². The standard InChI is InChI=1S/C15H12FN3O3S/c16-10-3-5-11(6-4-10)21-9-13(20)17-8-14-18-15(19-22-14)12-2-1-7-23-12/h1-7H,8-9H2,(H,17,20). The van der Waals surface area contributed by atoms with E-state index in [4.69, 9.17) is 9.26 Å². The summed E-state index contributed by atoms with van der Waals surface area (Å²) in [7, 11) is 0. The second-order valence-electron chi connectivity index (χ2n) is 4.51. The first-order valence-corrected chi connectivity index (χ1v) is 7.60. The van der Waals surface area contributed by atoms with Crippen LogP contribution in [0.1, 0.15) is 5.89 Å². The van der Waals surface area contributed by atoms with Gasteiger partial charge in [0, 0.05) is 0 Å². The lowest BCUT2D eigenvalue weighted by Crippen LogP contribution is -2.28. The van der Waals surface area contributed by atoms with E-state index in [0.29, 0.717) is 17.5 Å². The maximum Gasteiger partial charge on any atom is 0.258 e. The predicted octanol–water partition coefficient (Wildman–Crippen LogP) is 2.63. The van der Waals surface area contributed by atoms with E-state index in [-0.39, 0.29) is 24.9 Å². The second kappa shape index (κ2) is 7.01. The molecule has 2 heterocycles. The van der Waals surface area contributed by atoms with Gasteiger partial charge in [-0.15, -0.1) is 11.3 Å². The van der Waals surface area contributed by atoms with Crippen LogP contribution in [0.5, 0.6) is 5.75 Å². The minimum Gasteiger partial charge on any atom is -0.484 e. The number of carbonyl (C=O) groups excluding carboxylic acids is 1. The van der Waals surface area contributed by atoms with Gasteiger partial charge in [-0.25, -0.2) is 4.39 Å². The molecule has 1 aromatic carbocycles. The molecule has 0 spiro atoms. The van der Waals surface area contributed by atoms with Gasteiger partial charge in [0.05, 0.1) is 11.4 Å². The van der Waals surface area contributed by atoms with Gasteiger partial charge in [-0.3, -0.25) is 4.79 Å². The Bertz CT molecular complexity index is 772. The van der Waals surface area contributed by atoms with Gasteiger partial charge in [0.25, 0.3) is 5.91 Å². The number of ether oxygens (including phenoxy) is 1. The van der Waals surface area contributed by atoms with Crippen molar-refractivity contribution in [1.82, 2.24) is 15.5 Å². The highest BCUT2D eigenvalue weighted by atomic mass is 32.1. The summed E-state index contributed by atoms with van der Waals surface area (Å²) < 4.78 is 23.0. The number of hydrogen-bond donors (Lipinski definition) is 1. The number of hydrogen-bond acceptors (Lipinski definition) is 6. The average molecular weight is 333 g/mol. The van der Waals surface area contributed by atoms with E-state index in [9.17, 15) is 9.18 Å². The molecule has 1 N–H and O–H groups in total. The van der Waals surface area contributed by atoms with Crippen LogP contribution in [0.4, 0.5) is 4.39 Å². The zero-order valence-corrected chi connectivity index (χ0v) is 12.7. The van der Waals surface area contributed by atoms with Crippen LogP contribution in [0.2, 0.25) is 0 Å². The van der Waals surface area contributed by atoms with Gasteiger partial charge in [0.15, 0.2) is 6.61 Å². The Balaban J connectivity index is 1.46. The first kappa shape index (κ1) is 15.2. The summed E-state index contributed by atoms with van der Waals surface area (Å²) in [5.74, 6) is 0.514. The molecule has 0 aliphatic rings. The molecule has 0 radical (unpaired) electrons. The minimum atomic E-state index is -0.361. The molecule has 23 heavy (non-hydrogen) atoms. The summed E-state index contributed by atoms with van der Waals surface area (Å²) >= 11 is 1.50. The van der Waals surface area contributed by atoms with Gasteiger partial charge in [0.1, 0.15) is 11.6 Å². The SMILES string of the molecule is O=C(COc1ccc(F)cc1)NCc1nc(-c2cccs2)no1. The van der Waals surface area contributed by atoms with Gasteiger partial charge in [-0.2, -0.15) is 4.98 Å². The van der Waals surface area contributed by atoms with E-state index in [0.717, 1.165) is 4.88 Å². The van der Waals surface area contributed by atoms with E-state index >= 15 is 0 Å². The number of nitrogens with zero attached hydrogens (tertiary/aromatic N) is 2. The van der Waals surface area contributed by atoms with Crippen LogP contribution in [-0.4, -0.2) is 22.7 Å². The Morgan fingerprint density at radius 1 is 1.30 bits per heavy atom. The molecule has 3 rings (SSSR count). The molecule has 118 valence electrons. The van der Waals surface area contributed by atoms with Crippen molar-refractivity contribution in [2.75, 3.05) is 6.61 Å². The first-order valence-electron chi connectivity index (χ1n) is 6.72. The fraction of sp³-hybridized carbons (Fsp3) is 0.133. The number of benzene rings is 1. The predicted molar refractivity (Wildman–Crippen MR) is 81.4 cm³/mol. The third-order valence-corrected chi connectivity index (χ3v) is 3.70. The quantitative estimate of drug-likeness (QED) is 0.750. The molecule has 0 unspecified atom stereocenters. The first-order chi connectivity index (χ1) is 11.2. The van der Waals surface area contributed by atoms with Crippen molar-refractivity contribution in [3.63, 3.8) is 0 Å². The Morgan fingerprint density at radius 3 is 2.87 bits per heavy atom. The number of nitrogens with one attached hydrogen (secondary N) is 1. The van der Waals surface area contributed by atoms with Crippen molar-refractivity contribution in [3.8, 4) is 16.5 Å². The van der Waals surface area contributed by atoms with E-state index in [1.807, 2.05) is 17.5 Å². The van der Waals surface area contributed by atoms with Crippen molar-refractivity contribution < 1.29 is 18.4 Å². The van der Waals surface area contributed by atoms with Crippen LogP contribution in [0, 0.1) is 5.82 Å². The molecule has 0 saturated heterocycles. The van der Waals surface area contributed by atoms with Gasteiger partial charge >= 0.3 is 0 Å². The molecule has 3 aromatic rings. The number of thiophene rings is 1. The lowest BCUT2D eigenvalue weighted by atomic mass is 10.3.